The van der Waals surface area contributed by atoms with Crippen molar-refractivity contribution in [3.05, 3.63) is 17.6 Å². The van der Waals surface area contributed by atoms with E-state index in [1.807, 2.05) is 6.07 Å². The zero-order valence-corrected chi connectivity index (χ0v) is 7.86. The molecule has 0 spiro atoms. The molecule has 1 saturated carbocycles. The number of nitrogens with one attached hydrogen (secondary N) is 1. The van der Waals surface area contributed by atoms with E-state index in [4.69, 9.17) is 11.0 Å². The van der Waals surface area contributed by atoms with Crippen molar-refractivity contribution in [3.63, 3.8) is 0 Å². The normalized spacial score (nSPS) is 24.1. The van der Waals surface area contributed by atoms with Gasteiger partial charge in [0.2, 0.25) is 0 Å². The number of aromatic nitrogens is 2. The van der Waals surface area contributed by atoms with Crippen LogP contribution < -0.4 is 11.1 Å². The summed E-state index contributed by atoms with van der Waals surface area (Å²) in [6.45, 7) is 1.79. The SMILES string of the molecule is Cc1ncc(C#N)c(NC2CC2N)n1. The summed E-state index contributed by atoms with van der Waals surface area (Å²) in [7, 11) is 0. The fraction of sp³-hybridized carbons (Fsp3) is 0.444. The molecule has 1 aliphatic carbocycles. The van der Waals surface area contributed by atoms with Crippen molar-refractivity contribution in [2.75, 3.05) is 5.32 Å². The molecule has 0 amide bonds. The summed E-state index contributed by atoms with van der Waals surface area (Å²) in [5.41, 5.74) is 6.12. The molecule has 2 unspecified atom stereocenters. The third kappa shape index (κ3) is 1.65. The standard InChI is InChI=1S/C9H11N5/c1-5-12-4-6(3-10)9(13-5)14-8-2-7(8)11/h4,7-8H,2,11H2,1H3,(H,12,13,14). The van der Waals surface area contributed by atoms with Crippen LogP contribution in [0.5, 0.6) is 0 Å². The Morgan fingerprint density at radius 3 is 3.00 bits per heavy atom. The van der Waals surface area contributed by atoms with E-state index in [0.717, 1.165) is 6.42 Å². The van der Waals surface area contributed by atoms with Crippen LogP contribution in [0.15, 0.2) is 6.20 Å². The molecule has 1 aromatic heterocycles. The molecule has 0 radical (unpaired) electrons. The molecule has 1 aromatic rings. The fourth-order valence-electron chi connectivity index (χ4n) is 1.22. The lowest BCUT2D eigenvalue weighted by Crippen LogP contribution is -2.15. The topological polar surface area (TPSA) is 87.6 Å². The van der Waals surface area contributed by atoms with Crippen LogP contribution in [0, 0.1) is 18.3 Å². The molecule has 0 saturated heterocycles. The van der Waals surface area contributed by atoms with Gasteiger partial charge in [-0.05, 0) is 13.3 Å². The molecule has 2 rings (SSSR count). The van der Waals surface area contributed by atoms with Gasteiger partial charge in [-0.2, -0.15) is 5.26 Å². The zero-order chi connectivity index (χ0) is 10.1. The van der Waals surface area contributed by atoms with E-state index in [0.29, 0.717) is 17.2 Å². The van der Waals surface area contributed by atoms with Crippen LogP contribution in [0.1, 0.15) is 17.8 Å². The lowest BCUT2D eigenvalue weighted by Gasteiger charge is -2.05. The van der Waals surface area contributed by atoms with Crippen LogP contribution in [-0.4, -0.2) is 22.1 Å². The van der Waals surface area contributed by atoms with Crippen molar-refractivity contribution in [2.24, 2.45) is 5.73 Å². The molecule has 1 aliphatic rings. The van der Waals surface area contributed by atoms with Crippen molar-refractivity contribution in [1.29, 1.82) is 5.26 Å². The smallest absolute Gasteiger partial charge is 0.147 e. The van der Waals surface area contributed by atoms with E-state index in [1.54, 1.807) is 6.92 Å². The Kier molecular flexibility index (Phi) is 2.06. The highest BCUT2D eigenvalue weighted by molar-refractivity contribution is 5.52. The summed E-state index contributed by atoms with van der Waals surface area (Å²) in [6.07, 6.45) is 2.46. The Bertz CT molecular complexity index is 395. The number of aryl methyl sites for hydroxylation is 1. The molecule has 72 valence electrons. The minimum absolute atomic E-state index is 0.191. The van der Waals surface area contributed by atoms with Gasteiger partial charge in [-0.1, -0.05) is 0 Å². The van der Waals surface area contributed by atoms with Crippen LogP contribution in [0.4, 0.5) is 5.82 Å². The summed E-state index contributed by atoms with van der Waals surface area (Å²) in [5, 5.41) is 11.9. The molecule has 14 heavy (non-hydrogen) atoms. The molecule has 1 fully saturated rings. The Labute approximate surface area is 82.0 Å². The maximum absolute atomic E-state index is 8.81. The zero-order valence-electron chi connectivity index (χ0n) is 7.86. The Balaban J connectivity index is 2.22. The highest BCUT2D eigenvalue weighted by Gasteiger charge is 2.34. The third-order valence-corrected chi connectivity index (χ3v) is 2.19. The molecular weight excluding hydrogens is 178 g/mol. The van der Waals surface area contributed by atoms with Crippen molar-refractivity contribution in [2.45, 2.75) is 25.4 Å². The lowest BCUT2D eigenvalue weighted by molar-refractivity contribution is 0.972. The second kappa shape index (κ2) is 3.24. The Morgan fingerprint density at radius 1 is 1.71 bits per heavy atom. The molecule has 0 bridgehead atoms. The first-order valence-corrected chi connectivity index (χ1v) is 4.46. The summed E-state index contributed by atoms with van der Waals surface area (Å²) in [5.74, 6) is 1.25. The highest BCUT2D eigenvalue weighted by Crippen LogP contribution is 2.24. The second-order valence-corrected chi connectivity index (χ2v) is 3.44. The predicted molar refractivity (Wildman–Crippen MR) is 51.5 cm³/mol. The summed E-state index contributed by atoms with van der Waals surface area (Å²) < 4.78 is 0. The van der Waals surface area contributed by atoms with E-state index in [9.17, 15) is 0 Å². The summed E-state index contributed by atoms with van der Waals surface area (Å²) in [4.78, 5) is 8.11. The van der Waals surface area contributed by atoms with Crippen LogP contribution in [0.25, 0.3) is 0 Å². The van der Waals surface area contributed by atoms with E-state index >= 15 is 0 Å². The number of nitriles is 1. The Morgan fingerprint density at radius 2 is 2.43 bits per heavy atom. The number of nitrogens with two attached hydrogens (primary N) is 1. The first-order valence-electron chi connectivity index (χ1n) is 4.46. The number of rotatable bonds is 2. The quantitative estimate of drug-likeness (QED) is 0.692. The maximum atomic E-state index is 8.81. The van der Waals surface area contributed by atoms with E-state index in [-0.39, 0.29) is 12.1 Å². The number of hydrogen-bond acceptors (Lipinski definition) is 5. The van der Waals surface area contributed by atoms with Gasteiger partial charge in [-0.3, -0.25) is 0 Å². The second-order valence-electron chi connectivity index (χ2n) is 3.44. The van der Waals surface area contributed by atoms with E-state index < -0.39 is 0 Å². The van der Waals surface area contributed by atoms with Gasteiger partial charge in [0.15, 0.2) is 0 Å². The molecule has 5 nitrogen and oxygen atoms in total. The fourth-order valence-corrected chi connectivity index (χ4v) is 1.22. The average Bonchev–Trinajstić information content (AvgIpc) is 2.82. The monoisotopic (exact) mass is 189 g/mol. The predicted octanol–water partition coefficient (Wildman–Crippen LogP) is 0.168. The molecule has 5 heteroatoms. The van der Waals surface area contributed by atoms with E-state index in [1.165, 1.54) is 6.20 Å². The Hall–Kier alpha value is -1.67. The minimum Gasteiger partial charge on any atom is -0.365 e. The first kappa shape index (κ1) is 8.91. The maximum Gasteiger partial charge on any atom is 0.147 e. The summed E-state index contributed by atoms with van der Waals surface area (Å²) >= 11 is 0. The third-order valence-electron chi connectivity index (χ3n) is 2.19. The van der Waals surface area contributed by atoms with Crippen molar-refractivity contribution in [3.8, 4) is 6.07 Å². The largest absolute Gasteiger partial charge is 0.365 e. The van der Waals surface area contributed by atoms with Crippen molar-refractivity contribution < 1.29 is 0 Å². The van der Waals surface area contributed by atoms with E-state index in [2.05, 4.69) is 15.3 Å². The van der Waals surface area contributed by atoms with Crippen molar-refractivity contribution >= 4 is 5.82 Å². The van der Waals surface area contributed by atoms with Gasteiger partial charge in [-0.25, -0.2) is 9.97 Å². The van der Waals surface area contributed by atoms with Crippen LogP contribution in [0.3, 0.4) is 0 Å². The van der Waals surface area contributed by atoms with Crippen molar-refractivity contribution in [1.82, 2.24) is 9.97 Å². The van der Waals surface area contributed by atoms with Gasteiger partial charge < -0.3 is 11.1 Å². The number of nitrogens with zero attached hydrogens (tertiary/aromatic N) is 3. The molecule has 1 heterocycles. The molecular formula is C9H11N5. The average molecular weight is 189 g/mol. The van der Waals surface area contributed by atoms with Gasteiger partial charge in [0.1, 0.15) is 23.3 Å². The molecule has 0 aliphatic heterocycles. The number of hydrogen-bond donors (Lipinski definition) is 2. The number of anilines is 1. The molecule has 3 N–H and O–H groups in total. The van der Waals surface area contributed by atoms with Gasteiger partial charge >= 0.3 is 0 Å². The van der Waals surface area contributed by atoms with Gasteiger partial charge in [-0.15, -0.1) is 0 Å². The minimum atomic E-state index is 0.191. The molecule has 2 atom stereocenters. The van der Waals surface area contributed by atoms with Crippen LogP contribution in [-0.2, 0) is 0 Å². The van der Waals surface area contributed by atoms with Crippen LogP contribution in [0.2, 0.25) is 0 Å². The first-order chi connectivity index (χ1) is 6.70. The lowest BCUT2D eigenvalue weighted by atomic mass is 10.3. The molecule has 0 aromatic carbocycles. The van der Waals surface area contributed by atoms with Crippen LogP contribution >= 0.6 is 0 Å². The van der Waals surface area contributed by atoms with Gasteiger partial charge in [0.25, 0.3) is 0 Å². The highest BCUT2D eigenvalue weighted by atomic mass is 15.1. The summed E-state index contributed by atoms with van der Waals surface area (Å²) in [6, 6.07) is 2.49. The van der Waals surface area contributed by atoms with Gasteiger partial charge in [0, 0.05) is 12.1 Å². The van der Waals surface area contributed by atoms with Gasteiger partial charge in [0.05, 0.1) is 6.20 Å².